The maximum atomic E-state index is 13.3. The van der Waals surface area contributed by atoms with Crippen LogP contribution in [0.15, 0.2) is 34.0 Å². The molecule has 0 spiro atoms. The van der Waals surface area contributed by atoms with E-state index in [0.29, 0.717) is 6.07 Å². The summed E-state index contributed by atoms with van der Waals surface area (Å²) >= 11 is 0. The van der Waals surface area contributed by atoms with E-state index in [-0.39, 0.29) is 10.8 Å². The van der Waals surface area contributed by atoms with E-state index in [0.717, 1.165) is 6.26 Å². The van der Waals surface area contributed by atoms with Crippen LogP contribution >= 0.6 is 0 Å². The van der Waals surface area contributed by atoms with Gasteiger partial charge in [-0.1, -0.05) is 0 Å². The maximum absolute atomic E-state index is 13.3. The van der Waals surface area contributed by atoms with E-state index in [4.69, 9.17) is 4.42 Å². The molecule has 0 fully saturated rings. The molecule has 0 saturated carbocycles. The van der Waals surface area contributed by atoms with Crippen LogP contribution in [0.1, 0.15) is 12.1 Å². The molecule has 13 heteroatoms. The number of aromatic nitrogens is 2. The SMILES string of the molecule is O[C@]1(C(F)F)CC(C(F)F)=NN1c1nc(-c2ccco2)cc(C(F)(F)F)n1. The van der Waals surface area contributed by atoms with Crippen molar-refractivity contribution in [1.82, 2.24) is 9.97 Å². The summed E-state index contributed by atoms with van der Waals surface area (Å²) in [6.45, 7) is 0. The van der Waals surface area contributed by atoms with Crippen molar-refractivity contribution in [1.29, 1.82) is 0 Å². The van der Waals surface area contributed by atoms with Gasteiger partial charge in [-0.3, -0.25) is 0 Å². The number of hydrogen-bond acceptors (Lipinski definition) is 6. The van der Waals surface area contributed by atoms with Crippen molar-refractivity contribution in [3.8, 4) is 11.5 Å². The minimum Gasteiger partial charge on any atom is -0.463 e. The molecule has 2 aromatic heterocycles. The highest BCUT2D eigenvalue weighted by Crippen LogP contribution is 2.38. The van der Waals surface area contributed by atoms with Crippen LogP contribution in [0.3, 0.4) is 0 Å². The Morgan fingerprint density at radius 1 is 1.19 bits per heavy atom. The number of aliphatic hydroxyl groups is 1. The van der Waals surface area contributed by atoms with Crippen molar-refractivity contribution in [3.63, 3.8) is 0 Å². The lowest BCUT2D eigenvalue weighted by molar-refractivity contribution is -0.141. The number of hydrogen-bond donors (Lipinski definition) is 1. The molecule has 0 unspecified atom stereocenters. The molecule has 146 valence electrons. The van der Waals surface area contributed by atoms with Gasteiger partial charge in [0.1, 0.15) is 11.4 Å². The monoisotopic (exact) mass is 398 g/mol. The highest BCUT2D eigenvalue weighted by molar-refractivity contribution is 5.91. The minimum absolute atomic E-state index is 0.124. The van der Waals surface area contributed by atoms with Crippen molar-refractivity contribution in [2.45, 2.75) is 31.2 Å². The number of hydrazone groups is 1. The summed E-state index contributed by atoms with van der Waals surface area (Å²) in [4.78, 5) is 6.69. The van der Waals surface area contributed by atoms with Crippen LogP contribution in [-0.2, 0) is 6.18 Å². The average Bonchev–Trinajstić information content (AvgIpc) is 3.22. The predicted octanol–water partition coefficient (Wildman–Crippen LogP) is 3.54. The minimum atomic E-state index is -5.02. The first-order valence-corrected chi connectivity index (χ1v) is 7.19. The first-order valence-electron chi connectivity index (χ1n) is 7.19. The third-order valence-corrected chi connectivity index (χ3v) is 3.61. The molecular weight excluding hydrogens is 389 g/mol. The molecule has 1 aliphatic rings. The van der Waals surface area contributed by atoms with Crippen molar-refractivity contribution < 1.29 is 40.3 Å². The van der Waals surface area contributed by atoms with Gasteiger partial charge in [0.05, 0.1) is 6.26 Å². The fourth-order valence-corrected chi connectivity index (χ4v) is 2.33. The molecule has 0 amide bonds. The molecule has 1 aliphatic heterocycles. The molecule has 1 N–H and O–H groups in total. The van der Waals surface area contributed by atoms with Gasteiger partial charge in [-0.15, -0.1) is 0 Å². The van der Waals surface area contributed by atoms with Gasteiger partial charge in [-0.25, -0.2) is 27.5 Å². The Hall–Kier alpha value is -2.70. The topological polar surface area (TPSA) is 74.8 Å². The molecule has 0 bridgehead atoms. The first-order chi connectivity index (χ1) is 12.5. The Labute approximate surface area is 145 Å². The van der Waals surface area contributed by atoms with Gasteiger partial charge in [-0.05, 0) is 18.2 Å². The van der Waals surface area contributed by atoms with E-state index in [2.05, 4.69) is 15.1 Å². The van der Waals surface area contributed by atoms with Gasteiger partial charge in [-0.2, -0.15) is 23.3 Å². The van der Waals surface area contributed by atoms with E-state index in [9.17, 15) is 35.8 Å². The van der Waals surface area contributed by atoms with E-state index >= 15 is 0 Å². The number of halogens is 7. The number of rotatable bonds is 4. The smallest absolute Gasteiger partial charge is 0.433 e. The second-order valence-electron chi connectivity index (χ2n) is 5.47. The van der Waals surface area contributed by atoms with Crippen LogP contribution in [-0.4, -0.2) is 39.4 Å². The molecule has 0 aliphatic carbocycles. The number of anilines is 1. The zero-order valence-corrected chi connectivity index (χ0v) is 13.0. The Bertz CT molecular complexity index is 854. The Kier molecular flexibility index (Phi) is 4.57. The first kappa shape index (κ1) is 19.1. The fourth-order valence-electron chi connectivity index (χ4n) is 2.33. The predicted molar refractivity (Wildman–Crippen MR) is 76.2 cm³/mol. The largest absolute Gasteiger partial charge is 0.463 e. The maximum Gasteiger partial charge on any atom is 0.433 e. The summed E-state index contributed by atoms with van der Waals surface area (Å²) in [6.07, 6.45) is -12.1. The van der Waals surface area contributed by atoms with Crippen molar-refractivity contribution in [2.75, 3.05) is 5.01 Å². The fraction of sp³-hybridized carbons (Fsp3) is 0.357. The summed E-state index contributed by atoms with van der Waals surface area (Å²) in [5.41, 5.74) is -6.49. The Morgan fingerprint density at radius 3 is 2.41 bits per heavy atom. The zero-order valence-electron chi connectivity index (χ0n) is 13.0. The highest BCUT2D eigenvalue weighted by atomic mass is 19.4. The summed E-state index contributed by atoms with van der Waals surface area (Å²) in [5.74, 6) is -1.29. The molecule has 3 rings (SSSR count). The second kappa shape index (κ2) is 6.48. The van der Waals surface area contributed by atoms with Crippen molar-refractivity contribution in [3.05, 3.63) is 30.2 Å². The van der Waals surface area contributed by atoms with Crippen LogP contribution in [0.2, 0.25) is 0 Å². The van der Waals surface area contributed by atoms with E-state index in [1.807, 2.05) is 0 Å². The molecular formula is C14H9F7N4O2. The molecule has 1 atom stereocenters. The molecule has 0 radical (unpaired) electrons. The lowest BCUT2D eigenvalue weighted by Crippen LogP contribution is -2.50. The third-order valence-electron chi connectivity index (χ3n) is 3.61. The Morgan fingerprint density at radius 2 is 1.89 bits per heavy atom. The van der Waals surface area contributed by atoms with Crippen LogP contribution in [0, 0.1) is 0 Å². The summed E-state index contributed by atoms with van der Waals surface area (Å²) in [5, 5.41) is 13.1. The van der Waals surface area contributed by atoms with Crippen LogP contribution < -0.4 is 5.01 Å². The quantitative estimate of drug-likeness (QED) is 0.798. The molecule has 6 nitrogen and oxygen atoms in total. The van der Waals surface area contributed by atoms with E-state index < -0.39 is 54.2 Å². The molecule has 0 aromatic carbocycles. The highest BCUT2D eigenvalue weighted by Gasteiger charge is 2.53. The summed E-state index contributed by atoms with van der Waals surface area (Å²) in [7, 11) is 0. The standard InChI is InChI=1S/C14H9F7N4O2/c15-10(16)7-5-13(26,11(17)18)25(24-7)12-22-6(8-2-1-3-27-8)4-9(23-12)14(19,20)21/h1-4,10-11,26H,5H2/t13-/m0/s1. The lowest BCUT2D eigenvalue weighted by Gasteiger charge is -2.30. The second-order valence-corrected chi connectivity index (χ2v) is 5.47. The molecule has 0 saturated heterocycles. The molecule has 3 heterocycles. The lowest BCUT2D eigenvalue weighted by atomic mass is 10.1. The van der Waals surface area contributed by atoms with Gasteiger partial charge in [0.15, 0.2) is 11.5 Å². The average molecular weight is 398 g/mol. The zero-order chi connectivity index (χ0) is 20.0. The number of alkyl halides is 7. The van der Waals surface area contributed by atoms with Crippen LogP contribution in [0.5, 0.6) is 0 Å². The van der Waals surface area contributed by atoms with Crippen LogP contribution in [0.25, 0.3) is 11.5 Å². The number of nitrogens with zero attached hydrogens (tertiary/aromatic N) is 4. The summed E-state index contributed by atoms with van der Waals surface area (Å²) in [6, 6.07) is 3.06. The molecule has 2 aromatic rings. The van der Waals surface area contributed by atoms with Gasteiger partial charge < -0.3 is 9.52 Å². The van der Waals surface area contributed by atoms with Gasteiger partial charge in [0.25, 0.3) is 12.9 Å². The molecule has 27 heavy (non-hydrogen) atoms. The van der Waals surface area contributed by atoms with E-state index in [1.54, 1.807) is 0 Å². The van der Waals surface area contributed by atoms with Gasteiger partial charge >= 0.3 is 6.18 Å². The number of furan rings is 1. The van der Waals surface area contributed by atoms with Crippen molar-refractivity contribution in [2.24, 2.45) is 5.10 Å². The van der Waals surface area contributed by atoms with Crippen molar-refractivity contribution >= 4 is 11.7 Å². The summed E-state index contributed by atoms with van der Waals surface area (Å²) < 4.78 is 96.6. The third kappa shape index (κ3) is 3.46. The van der Waals surface area contributed by atoms with Gasteiger partial charge in [0.2, 0.25) is 11.7 Å². The van der Waals surface area contributed by atoms with Gasteiger partial charge in [0, 0.05) is 6.42 Å². The Balaban J connectivity index is 2.18. The van der Waals surface area contributed by atoms with Crippen LogP contribution in [0.4, 0.5) is 36.7 Å². The normalized spacial score (nSPS) is 20.7. The van der Waals surface area contributed by atoms with E-state index in [1.165, 1.54) is 12.1 Å².